The summed E-state index contributed by atoms with van der Waals surface area (Å²) in [4.78, 5) is 31.1. The topological polar surface area (TPSA) is 103 Å². The Morgan fingerprint density at radius 3 is 2.59 bits per heavy atom. The maximum atomic E-state index is 12.2. The first kappa shape index (κ1) is 22.5. The van der Waals surface area contributed by atoms with Crippen molar-refractivity contribution in [1.29, 1.82) is 0 Å². The standard InChI is InChI=1S/C20H27N5O3S/c1-5-25(6-2)12-15-9-14(7-8-17(15)28-4)13(3)23-24-19(27)11-16-10-18(26)22-20(29)21-16/h7-10H,5-6,11-12H2,1-4H3,(H,24,27)(H2,21,22,26,29)/b23-13-. The first-order chi connectivity index (χ1) is 13.9. The number of hydrazone groups is 1. The summed E-state index contributed by atoms with van der Waals surface area (Å²) in [6.07, 6.45) is -0.0276. The first-order valence-electron chi connectivity index (χ1n) is 9.41. The number of aromatic amines is 2. The summed E-state index contributed by atoms with van der Waals surface area (Å²) < 4.78 is 5.66. The van der Waals surface area contributed by atoms with Gasteiger partial charge in [-0.3, -0.25) is 19.5 Å². The Hall–Kier alpha value is -2.78. The van der Waals surface area contributed by atoms with Crippen molar-refractivity contribution in [1.82, 2.24) is 20.3 Å². The zero-order valence-corrected chi connectivity index (χ0v) is 18.0. The zero-order valence-electron chi connectivity index (χ0n) is 17.2. The molecule has 1 amide bonds. The maximum absolute atomic E-state index is 12.2. The van der Waals surface area contributed by atoms with E-state index in [0.717, 1.165) is 36.5 Å². The molecule has 0 saturated carbocycles. The van der Waals surface area contributed by atoms with Gasteiger partial charge >= 0.3 is 0 Å². The van der Waals surface area contributed by atoms with Gasteiger partial charge in [0, 0.05) is 23.9 Å². The van der Waals surface area contributed by atoms with Crippen molar-refractivity contribution in [2.24, 2.45) is 5.10 Å². The van der Waals surface area contributed by atoms with Gasteiger partial charge in [-0.2, -0.15) is 5.10 Å². The third kappa shape index (κ3) is 6.65. The molecule has 156 valence electrons. The van der Waals surface area contributed by atoms with Crippen LogP contribution in [-0.2, 0) is 17.8 Å². The second kappa shape index (κ2) is 10.7. The number of carbonyl (C=O) groups is 1. The Bertz CT molecular complexity index is 964. The Morgan fingerprint density at radius 1 is 1.24 bits per heavy atom. The van der Waals surface area contributed by atoms with E-state index >= 15 is 0 Å². The number of rotatable bonds is 9. The number of nitrogens with zero attached hydrogens (tertiary/aromatic N) is 2. The predicted molar refractivity (Wildman–Crippen MR) is 116 cm³/mol. The lowest BCUT2D eigenvalue weighted by molar-refractivity contribution is -0.120. The molecule has 1 aromatic heterocycles. The Kier molecular flexibility index (Phi) is 8.29. The van der Waals surface area contributed by atoms with Gasteiger partial charge in [0.25, 0.3) is 5.56 Å². The third-order valence-electron chi connectivity index (χ3n) is 4.50. The van der Waals surface area contributed by atoms with Crippen molar-refractivity contribution in [3.8, 4) is 5.75 Å². The van der Waals surface area contributed by atoms with E-state index in [9.17, 15) is 9.59 Å². The molecular formula is C20H27N5O3S. The van der Waals surface area contributed by atoms with Crippen molar-refractivity contribution in [3.63, 3.8) is 0 Å². The molecule has 1 aromatic carbocycles. The number of carbonyl (C=O) groups excluding carboxylic acids is 1. The van der Waals surface area contributed by atoms with Crippen molar-refractivity contribution >= 4 is 23.8 Å². The highest BCUT2D eigenvalue weighted by Crippen LogP contribution is 2.22. The second-order valence-electron chi connectivity index (χ2n) is 6.51. The molecular weight excluding hydrogens is 390 g/mol. The molecule has 2 rings (SSSR count). The molecule has 0 aliphatic heterocycles. The fraction of sp³-hybridized carbons (Fsp3) is 0.400. The molecule has 0 atom stereocenters. The number of H-pyrrole nitrogens is 2. The summed E-state index contributed by atoms with van der Waals surface area (Å²) >= 11 is 4.91. The van der Waals surface area contributed by atoms with Gasteiger partial charge in [-0.05, 0) is 56.0 Å². The number of benzene rings is 1. The van der Waals surface area contributed by atoms with Gasteiger partial charge in [-0.15, -0.1) is 0 Å². The number of hydrogen-bond donors (Lipinski definition) is 3. The van der Waals surface area contributed by atoms with Gasteiger partial charge in [0.15, 0.2) is 4.77 Å². The van der Waals surface area contributed by atoms with Crippen LogP contribution in [0.2, 0.25) is 0 Å². The molecule has 0 aliphatic rings. The first-order valence-corrected chi connectivity index (χ1v) is 9.82. The van der Waals surface area contributed by atoms with Gasteiger partial charge in [0.2, 0.25) is 5.91 Å². The minimum Gasteiger partial charge on any atom is -0.496 e. The number of methoxy groups -OCH3 is 1. The lowest BCUT2D eigenvalue weighted by Gasteiger charge is -2.20. The molecule has 0 saturated heterocycles. The van der Waals surface area contributed by atoms with Crippen molar-refractivity contribution in [3.05, 3.63) is 56.2 Å². The van der Waals surface area contributed by atoms with Crippen LogP contribution < -0.4 is 15.7 Å². The van der Waals surface area contributed by atoms with Crippen LogP contribution in [0.1, 0.15) is 37.6 Å². The number of aromatic nitrogens is 2. The minimum atomic E-state index is -0.352. The SMILES string of the molecule is CCN(CC)Cc1cc(/C(C)=N\NC(=O)Cc2cc(=O)[nH]c(=S)[nH]2)ccc1OC. The molecule has 0 radical (unpaired) electrons. The molecule has 0 spiro atoms. The van der Waals surface area contributed by atoms with E-state index in [1.165, 1.54) is 6.07 Å². The third-order valence-corrected chi connectivity index (χ3v) is 4.71. The molecule has 0 unspecified atom stereocenters. The van der Waals surface area contributed by atoms with Crippen LogP contribution in [0, 0.1) is 4.77 Å². The number of hydrogen-bond acceptors (Lipinski definition) is 6. The molecule has 2 aromatic rings. The quantitative estimate of drug-likeness (QED) is 0.330. The molecule has 9 heteroatoms. The Labute approximate surface area is 175 Å². The van der Waals surface area contributed by atoms with Crippen LogP contribution in [0.3, 0.4) is 0 Å². The summed E-state index contributed by atoms with van der Waals surface area (Å²) in [5.41, 5.74) is 5.22. The van der Waals surface area contributed by atoms with Gasteiger partial charge in [-0.1, -0.05) is 13.8 Å². The maximum Gasteiger partial charge on any atom is 0.251 e. The second-order valence-corrected chi connectivity index (χ2v) is 6.92. The van der Waals surface area contributed by atoms with E-state index in [1.807, 2.05) is 25.1 Å². The van der Waals surface area contributed by atoms with Crippen molar-refractivity contribution in [2.75, 3.05) is 20.2 Å². The summed E-state index contributed by atoms with van der Waals surface area (Å²) in [5, 5.41) is 4.19. The predicted octanol–water partition coefficient (Wildman–Crippen LogP) is 2.37. The molecule has 0 fully saturated rings. The van der Waals surface area contributed by atoms with Crippen LogP contribution in [0.25, 0.3) is 0 Å². The lowest BCUT2D eigenvalue weighted by Crippen LogP contribution is -2.23. The smallest absolute Gasteiger partial charge is 0.251 e. The van der Waals surface area contributed by atoms with Crippen LogP contribution in [-0.4, -0.2) is 46.7 Å². The summed E-state index contributed by atoms with van der Waals surface area (Å²) in [7, 11) is 1.65. The van der Waals surface area contributed by atoms with E-state index in [-0.39, 0.29) is 22.7 Å². The van der Waals surface area contributed by atoms with Crippen LogP contribution in [0.15, 0.2) is 34.2 Å². The minimum absolute atomic E-state index is 0.0276. The van der Waals surface area contributed by atoms with Crippen LogP contribution in [0.4, 0.5) is 0 Å². The summed E-state index contributed by atoms with van der Waals surface area (Å²) in [6, 6.07) is 7.14. The number of nitrogens with one attached hydrogen (secondary N) is 3. The summed E-state index contributed by atoms with van der Waals surface area (Å²) in [5.74, 6) is 0.472. The highest BCUT2D eigenvalue weighted by molar-refractivity contribution is 7.71. The number of ether oxygens (including phenoxy) is 1. The van der Waals surface area contributed by atoms with Gasteiger partial charge in [0.05, 0.1) is 19.2 Å². The zero-order chi connectivity index (χ0) is 21.4. The van der Waals surface area contributed by atoms with Gasteiger partial charge < -0.3 is 9.72 Å². The molecule has 1 heterocycles. The van der Waals surface area contributed by atoms with E-state index in [2.05, 4.69) is 39.2 Å². The van der Waals surface area contributed by atoms with Crippen molar-refractivity contribution < 1.29 is 9.53 Å². The molecule has 29 heavy (non-hydrogen) atoms. The highest BCUT2D eigenvalue weighted by atomic mass is 32.1. The molecule has 3 N–H and O–H groups in total. The molecule has 0 aliphatic carbocycles. The van der Waals surface area contributed by atoms with E-state index in [0.29, 0.717) is 11.4 Å². The molecule has 8 nitrogen and oxygen atoms in total. The van der Waals surface area contributed by atoms with Crippen LogP contribution in [0.5, 0.6) is 5.75 Å². The Balaban J connectivity index is 2.12. The van der Waals surface area contributed by atoms with E-state index in [1.54, 1.807) is 7.11 Å². The number of amides is 1. The highest BCUT2D eigenvalue weighted by Gasteiger charge is 2.10. The van der Waals surface area contributed by atoms with E-state index < -0.39 is 0 Å². The lowest BCUT2D eigenvalue weighted by atomic mass is 10.1. The fourth-order valence-electron chi connectivity index (χ4n) is 2.85. The van der Waals surface area contributed by atoms with E-state index in [4.69, 9.17) is 17.0 Å². The fourth-order valence-corrected chi connectivity index (χ4v) is 3.08. The monoisotopic (exact) mass is 417 g/mol. The Morgan fingerprint density at radius 2 is 1.97 bits per heavy atom. The van der Waals surface area contributed by atoms with Gasteiger partial charge in [-0.25, -0.2) is 5.43 Å². The average molecular weight is 418 g/mol. The largest absolute Gasteiger partial charge is 0.496 e. The van der Waals surface area contributed by atoms with Crippen LogP contribution >= 0.6 is 12.2 Å². The normalized spacial score (nSPS) is 11.6. The average Bonchev–Trinajstić information content (AvgIpc) is 2.69. The van der Waals surface area contributed by atoms with Crippen molar-refractivity contribution in [2.45, 2.75) is 33.7 Å². The summed E-state index contributed by atoms with van der Waals surface area (Å²) in [6.45, 7) is 8.72. The van der Waals surface area contributed by atoms with Gasteiger partial charge in [0.1, 0.15) is 5.75 Å². The molecule has 0 bridgehead atoms.